The molecule has 0 bridgehead atoms. The van der Waals surface area contributed by atoms with E-state index in [1.807, 2.05) is 53.4 Å². The maximum Gasteiger partial charge on any atom is 0.225 e. The average Bonchev–Trinajstić information content (AvgIpc) is 2.67. The quantitative estimate of drug-likeness (QED) is 0.931. The first-order valence-corrected chi connectivity index (χ1v) is 8.79. The fourth-order valence-corrected chi connectivity index (χ4v) is 3.48. The van der Waals surface area contributed by atoms with E-state index in [1.165, 1.54) is 0 Å². The van der Waals surface area contributed by atoms with E-state index in [0.29, 0.717) is 13.1 Å². The van der Waals surface area contributed by atoms with Gasteiger partial charge in [0.05, 0.1) is 12.0 Å². The molecule has 0 radical (unpaired) electrons. The molecule has 1 N–H and O–H groups in total. The molecule has 1 aliphatic heterocycles. The maximum atomic E-state index is 12.5. The minimum atomic E-state index is -0.146. The lowest BCUT2D eigenvalue weighted by Crippen LogP contribution is -2.46. The highest BCUT2D eigenvalue weighted by Gasteiger charge is 2.34. The summed E-state index contributed by atoms with van der Waals surface area (Å²) in [5.74, 6) is -0.0939. The lowest BCUT2D eigenvalue weighted by Gasteiger charge is -2.39. The van der Waals surface area contributed by atoms with Crippen molar-refractivity contribution in [3.05, 3.63) is 71.8 Å². The maximum absolute atomic E-state index is 12.5. The summed E-state index contributed by atoms with van der Waals surface area (Å²) in [6.45, 7) is 2.59. The van der Waals surface area contributed by atoms with E-state index in [9.17, 15) is 9.59 Å². The predicted octanol–water partition coefficient (Wildman–Crippen LogP) is 3.30. The Labute approximate surface area is 148 Å². The summed E-state index contributed by atoms with van der Waals surface area (Å²) in [4.78, 5) is 26.5. The minimum absolute atomic E-state index is 0.0226. The van der Waals surface area contributed by atoms with Crippen LogP contribution in [0.15, 0.2) is 60.7 Å². The number of nitrogens with one attached hydrogen (secondary N) is 1. The number of carbonyl (C=O) groups is 2. The lowest BCUT2D eigenvalue weighted by atomic mass is 9.88. The van der Waals surface area contributed by atoms with Gasteiger partial charge in [0.25, 0.3) is 0 Å². The van der Waals surface area contributed by atoms with Crippen LogP contribution in [0.5, 0.6) is 0 Å². The summed E-state index contributed by atoms with van der Waals surface area (Å²) in [6.07, 6.45) is 1.61. The van der Waals surface area contributed by atoms with Crippen LogP contribution in [0.2, 0.25) is 0 Å². The number of benzene rings is 2. The molecule has 1 saturated heterocycles. The summed E-state index contributed by atoms with van der Waals surface area (Å²) >= 11 is 0. The van der Waals surface area contributed by atoms with Crippen molar-refractivity contribution in [2.45, 2.75) is 32.4 Å². The summed E-state index contributed by atoms with van der Waals surface area (Å²) in [6, 6.07) is 20.0. The molecule has 0 spiro atoms. The highest BCUT2D eigenvalue weighted by molar-refractivity contribution is 5.81. The topological polar surface area (TPSA) is 49.4 Å². The van der Waals surface area contributed by atoms with Crippen LogP contribution in [0.3, 0.4) is 0 Å². The number of hydrogen-bond donors (Lipinski definition) is 1. The van der Waals surface area contributed by atoms with Crippen LogP contribution in [0.4, 0.5) is 0 Å². The molecule has 0 aromatic heterocycles. The van der Waals surface area contributed by atoms with Crippen molar-refractivity contribution in [2.24, 2.45) is 5.92 Å². The molecule has 4 nitrogen and oxygen atoms in total. The molecule has 25 heavy (non-hydrogen) atoms. The number of amides is 2. The van der Waals surface area contributed by atoms with Gasteiger partial charge in [0.2, 0.25) is 11.8 Å². The third-order valence-electron chi connectivity index (χ3n) is 4.85. The molecular formula is C21H24N2O2. The van der Waals surface area contributed by atoms with Crippen LogP contribution in [0, 0.1) is 5.92 Å². The van der Waals surface area contributed by atoms with Crippen LogP contribution in [0.25, 0.3) is 0 Å². The molecule has 0 aliphatic carbocycles. The van der Waals surface area contributed by atoms with Gasteiger partial charge in [-0.2, -0.15) is 0 Å². The van der Waals surface area contributed by atoms with E-state index in [-0.39, 0.29) is 23.8 Å². The average molecular weight is 336 g/mol. The Morgan fingerprint density at radius 3 is 2.28 bits per heavy atom. The smallest absolute Gasteiger partial charge is 0.225 e. The van der Waals surface area contributed by atoms with Crippen molar-refractivity contribution >= 4 is 11.8 Å². The van der Waals surface area contributed by atoms with Gasteiger partial charge in [-0.25, -0.2) is 0 Å². The van der Waals surface area contributed by atoms with Gasteiger partial charge in [-0.15, -0.1) is 0 Å². The number of carbonyl (C=O) groups excluding carboxylic acids is 2. The van der Waals surface area contributed by atoms with Crippen LogP contribution < -0.4 is 5.32 Å². The highest BCUT2D eigenvalue weighted by Crippen LogP contribution is 2.33. The second-order valence-corrected chi connectivity index (χ2v) is 6.58. The molecule has 2 amide bonds. The first-order valence-electron chi connectivity index (χ1n) is 8.79. The van der Waals surface area contributed by atoms with E-state index < -0.39 is 0 Å². The summed E-state index contributed by atoms with van der Waals surface area (Å²) in [7, 11) is 0. The summed E-state index contributed by atoms with van der Waals surface area (Å²) < 4.78 is 0. The third-order valence-corrected chi connectivity index (χ3v) is 4.85. The molecular weight excluding hydrogens is 312 g/mol. The van der Waals surface area contributed by atoms with Crippen molar-refractivity contribution in [1.29, 1.82) is 0 Å². The minimum Gasteiger partial charge on any atom is -0.352 e. The van der Waals surface area contributed by atoms with Gasteiger partial charge >= 0.3 is 0 Å². The van der Waals surface area contributed by atoms with Gasteiger partial charge in [0.1, 0.15) is 0 Å². The number of piperidine rings is 1. The zero-order valence-corrected chi connectivity index (χ0v) is 14.5. The van der Waals surface area contributed by atoms with Gasteiger partial charge in [0, 0.05) is 20.0 Å². The third kappa shape index (κ3) is 4.27. The molecule has 4 heteroatoms. The second kappa shape index (κ2) is 7.97. The number of nitrogens with zero attached hydrogens (tertiary/aromatic N) is 1. The fraction of sp³-hybridized carbons (Fsp3) is 0.333. The molecule has 130 valence electrons. The fourth-order valence-electron chi connectivity index (χ4n) is 3.48. The van der Waals surface area contributed by atoms with Crippen LogP contribution in [0.1, 0.15) is 36.9 Å². The normalized spacial score (nSPS) is 20.1. The van der Waals surface area contributed by atoms with Gasteiger partial charge in [0.15, 0.2) is 0 Å². The van der Waals surface area contributed by atoms with Crippen molar-refractivity contribution in [3.8, 4) is 0 Å². The van der Waals surface area contributed by atoms with Crippen molar-refractivity contribution in [2.75, 3.05) is 6.54 Å². The Balaban J connectivity index is 1.63. The van der Waals surface area contributed by atoms with Crippen molar-refractivity contribution in [3.63, 3.8) is 0 Å². The summed E-state index contributed by atoms with van der Waals surface area (Å²) in [5.41, 5.74) is 2.22. The van der Waals surface area contributed by atoms with Gasteiger partial charge in [-0.1, -0.05) is 60.7 Å². The number of rotatable bonds is 4. The van der Waals surface area contributed by atoms with Crippen molar-refractivity contribution < 1.29 is 9.59 Å². The first-order chi connectivity index (χ1) is 12.1. The number of hydrogen-bond acceptors (Lipinski definition) is 2. The highest BCUT2D eigenvalue weighted by atomic mass is 16.2. The molecule has 1 fully saturated rings. The van der Waals surface area contributed by atoms with Gasteiger partial charge < -0.3 is 10.2 Å². The molecule has 2 atom stereocenters. The molecule has 2 aromatic carbocycles. The van der Waals surface area contributed by atoms with Gasteiger partial charge in [-0.3, -0.25) is 9.59 Å². The molecule has 1 heterocycles. The van der Waals surface area contributed by atoms with Crippen LogP contribution >= 0.6 is 0 Å². The Morgan fingerprint density at radius 1 is 1.00 bits per heavy atom. The Kier molecular flexibility index (Phi) is 5.49. The first kappa shape index (κ1) is 17.2. The zero-order valence-electron chi connectivity index (χ0n) is 14.5. The van der Waals surface area contributed by atoms with E-state index in [2.05, 4.69) is 17.4 Å². The molecule has 1 aliphatic rings. The standard InChI is InChI=1S/C21H24N2O2/c1-16(24)23-15-19(12-13-20(23)18-10-6-3-7-11-18)21(25)22-14-17-8-4-2-5-9-17/h2-11,19-20H,12-15H2,1H3,(H,22,25). The van der Waals surface area contributed by atoms with Crippen LogP contribution in [-0.4, -0.2) is 23.3 Å². The molecule has 2 aromatic rings. The Hall–Kier alpha value is -2.62. The van der Waals surface area contributed by atoms with E-state index in [0.717, 1.165) is 24.0 Å². The predicted molar refractivity (Wildman–Crippen MR) is 97.6 cm³/mol. The monoisotopic (exact) mass is 336 g/mol. The Bertz CT molecular complexity index is 715. The largest absolute Gasteiger partial charge is 0.352 e. The SMILES string of the molecule is CC(=O)N1CC(C(=O)NCc2ccccc2)CCC1c1ccccc1. The van der Waals surface area contributed by atoms with E-state index in [1.54, 1.807) is 6.92 Å². The van der Waals surface area contributed by atoms with Gasteiger partial charge in [-0.05, 0) is 24.0 Å². The van der Waals surface area contributed by atoms with Crippen molar-refractivity contribution in [1.82, 2.24) is 10.2 Å². The second-order valence-electron chi connectivity index (χ2n) is 6.58. The number of likely N-dealkylation sites (tertiary alicyclic amines) is 1. The molecule has 0 saturated carbocycles. The van der Waals surface area contributed by atoms with Crippen LogP contribution in [-0.2, 0) is 16.1 Å². The lowest BCUT2D eigenvalue weighted by molar-refractivity contribution is -0.137. The Morgan fingerprint density at radius 2 is 1.64 bits per heavy atom. The zero-order chi connectivity index (χ0) is 17.6. The van der Waals surface area contributed by atoms with E-state index in [4.69, 9.17) is 0 Å². The summed E-state index contributed by atoms with van der Waals surface area (Å²) in [5, 5.41) is 3.01. The molecule has 3 rings (SSSR count). The molecule has 2 unspecified atom stereocenters. The van der Waals surface area contributed by atoms with E-state index >= 15 is 0 Å².